The summed E-state index contributed by atoms with van der Waals surface area (Å²) in [7, 11) is -1.07. The van der Waals surface area contributed by atoms with Gasteiger partial charge in [-0.3, -0.25) is 5.01 Å². The Hall–Kier alpha value is -1.17. The van der Waals surface area contributed by atoms with Crippen LogP contribution >= 0.6 is 0 Å². The number of benzene rings is 1. The standard InChI is InChI=1S/C17H28N2O2Si/c1-14(12-20)17-16-8-6-5-7-15(16)11-18-19(17)13-21-9-10-22(2,3)4/h5-8,11,14,17,20H,9-10,12-13H2,1-4H3. The Kier molecular flexibility index (Phi) is 5.78. The molecular weight excluding hydrogens is 292 g/mol. The molecule has 1 aromatic rings. The van der Waals surface area contributed by atoms with E-state index in [2.05, 4.69) is 43.8 Å². The van der Waals surface area contributed by atoms with Gasteiger partial charge in [-0.1, -0.05) is 50.8 Å². The first kappa shape index (κ1) is 17.2. The molecule has 0 spiro atoms. The highest BCUT2D eigenvalue weighted by Crippen LogP contribution is 2.33. The van der Waals surface area contributed by atoms with Crippen molar-refractivity contribution in [2.24, 2.45) is 11.0 Å². The second-order valence-electron chi connectivity index (χ2n) is 7.27. The maximum absolute atomic E-state index is 9.59. The van der Waals surface area contributed by atoms with E-state index in [0.29, 0.717) is 6.73 Å². The summed E-state index contributed by atoms with van der Waals surface area (Å²) in [5.41, 5.74) is 2.35. The summed E-state index contributed by atoms with van der Waals surface area (Å²) in [5, 5.41) is 16.1. The van der Waals surface area contributed by atoms with Crippen LogP contribution < -0.4 is 0 Å². The third-order valence-electron chi connectivity index (χ3n) is 4.03. The first-order valence-corrected chi connectivity index (χ1v) is 11.7. The van der Waals surface area contributed by atoms with Crippen LogP contribution in [0.3, 0.4) is 0 Å². The molecule has 4 nitrogen and oxygen atoms in total. The third-order valence-corrected chi connectivity index (χ3v) is 5.73. The van der Waals surface area contributed by atoms with Gasteiger partial charge in [-0.2, -0.15) is 5.10 Å². The third kappa shape index (κ3) is 4.41. The minimum absolute atomic E-state index is 0.0677. The number of hydrogen-bond acceptors (Lipinski definition) is 4. The summed E-state index contributed by atoms with van der Waals surface area (Å²) < 4.78 is 5.85. The molecule has 1 heterocycles. The van der Waals surface area contributed by atoms with Crippen LogP contribution in [0.15, 0.2) is 29.4 Å². The van der Waals surface area contributed by atoms with Crippen LogP contribution in [0.5, 0.6) is 0 Å². The highest BCUT2D eigenvalue weighted by atomic mass is 28.3. The summed E-state index contributed by atoms with van der Waals surface area (Å²) >= 11 is 0. The van der Waals surface area contributed by atoms with Gasteiger partial charge >= 0.3 is 0 Å². The van der Waals surface area contributed by atoms with Gasteiger partial charge in [0, 0.05) is 27.2 Å². The van der Waals surface area contributed by atoms with E-state index in [9.17, 15) is 5.11 Å². The fraction of sp³-hybridized carbons (Fsp3) is 0.588. The fourth-order valence-electron chi connectivity index (χ4n) is 2.62. The summed E-state index contributed by atoms with van der Waals surface area (Å²) in [6.07, 6.45) is 1.89. The summed E-state index contributed by atoms with van der Waals surface area (Å²) in [5.74, 6) is 0.110. The van der Waals surface area contributed by atoms with Gasteiger partial charge in [0.05, 0.1) is 12.3 Å². The Morgan fingerprint density at radius 3 is 2.73 bits per heavy atom. The quantitative estimate of drug-likeness (QED) is 0.619. The maximum atomic E-state index is 9.59. The summed E-state index contributed by atoms with van der Waals surface area (Å²) in [6, 6.07) is 9.47. The smallest absolute Gasteiger partial charge is 0.135 e. The molecule has 0 radical (unpaired) electrons. The molecule has 2 rings (SSSR count). The number of rotatable bonds is 7. The number of hydrogen-bond donors (Lipinski definition) is 1. The van der Waals surface area contributed by atoms with Crippen molar-refractivity contribution in [1.82, 2.24) is 5.01 Å². The van der Waals surface area contributed by atoms with Gasteiger partial charge < -0.3 is 9.84 Å². The van der Waals surface area contributed by atoms with Gasteiger partial charge in [0.15, 0.2) is 0 Å². The number of aliphatic hydroxyl groups is 1. The normalized spacial score (nSPS) is 19.1. The summed E-state index contributed by atoms with van der Waals surface area (Å²) in [6.45, 7) is 10.5. The maximum Gasteiger partial charge on any atom is 0.135 e. The molecule has 1 aliphatic heterocycles. The number of aliphatic hydroxyl groups excluding tert-OH is 1. The molecule has 0 aliphatic carbocycles. The minimum Gasteiger partial charge on any atom is -0.396 e. The van der Waals surface area contributed by atoms with Gasteiger partial charge in [-0.05, 0) is 17.2 Å². The molecule has 0 saturated carbocycles. The predicted octanol–water partition coefficient (Wildman–Crippen LogP) is 3.32. The minimum atomic E-state index is -1.07. The Bertz CT molecular complexity index is 514. The lowest BCUT2D eigenvalue weighted by molar-refractivity contribution is -0.0122. The van der Waals surface area contributed by atoms with E-state index in [1.54, 1.807) is 0 Å². The van der Waals surface area contributed by atoms with E-state index < -0.39 is 8.07 Å². The zero-order valence-corrected chi connectivity index (χ0v) is 15.1. The van der Waals surface area contributed by atoms with Gasteiger partial charge in [-0.15, -0.1) is 0 Å². The lowest BCUT2D eigenvalue weighted by Gasteiger charge is -2.36. The topological polar surface area (TPSA) is 45.1 Å². The van der Waals surface area contributed by atoms with Crippen LogP contribution in [0.1, 0.15) is 24.1 Å². The number of hydrazone groups is 1. The van der Waals surface area contributed by atoms with E-state index in [1.165, 1.54) is 5.56 Å². The Labute approximate surface area is 134 Å². The lowest BCUT2D eigenvalue weighted by atomic mass is 9.90. The molecule has 2 atom stereocenters. The van der Waals surface area contributed by atoms with Crippen LogP contribution in [0.2, 0.25) is 25.7 Å². The first-order valence-electron chi connectivity index (χ1n) is 8.00. The van der Waals surface area contributed by atoms with Crippen LogP contribution in [0, 0.1) is 5.92 Å². The molecule has 1 aromatic carbocycles. The largest absolute Gasteiger partial charge is 0.396 e. The molecule has 0 fully saturated rings. The van der Waals surface area contributed by atoms with Crippen molar-refractivity contribution >= 4 is 14.3 Å². The number of ether oxygens (including phenoxy) is 1. The van der Waals surface area contributed by atoms with Crippen molar-refractivity contribution < 1.29 is 9.84 Å². The number of nitrogens with zero attached hydrogens (tertiary/aromatic N) is 2. The SMILES string of the molecule is CC(CO)C1c2ccccc2C=NN1COCC[Si](C)(C)C. The molecule has 122 valence electrons. The molecule has 22 heavy (non-hydrogen) atoms. The Balaban J connectivity index is 2.04. The monoisotopic (exact) mass is 320 g/mol. The first-order chi connectivity index (χ1) is 10.4. The zero-order valence-electron chi connectivity index (χ0n) is 14.1. The molecule has 1 N–H and O–H groups in total. The van der Waals surface area contributed by atoms with E-state index in [4.69, 9.17) is 4.74 Å². The van der Waals surface area contributed by atoms with Crippen LogP contribution in [-0.2, 0) is 4.74 Å². The average Bonchev–Trinajstić information content (AvgIpc) is 2.49. The van der Waals surface area contributed by atoms with Crippen molar-refractivity contribution in [3.05, 3.63) is 35.4 Å². The molecular formula is C17H28N2O2Si. The van der Waals surface area contributed by atoms with Crippen molar-refractivity contribution in [3.63, 3.8) is 0 Å². The van der Waals surface area contributed by atoms with Gasteiger partial charge in [-0.25, -0.2) is 0 Å². The Morgan fingerprint density at radius 1 is 1.32 bits per heavy atom. The second-order valence-corrected chi connectivity index (χ2v) is 12.9. The van der Waals surface area contributed by atoms with E-state index in [0.717, 1.165) is 18.2 Å². The van der Waals surface area contributed by atoms with Crippen LogP contribution in [0.4, 0.5) is 0 Å². The molecule has 0 saturated heterocycles. The van der Waals surface area contributed by atoms with Gasteiger partial charge in [0.1, 0.15) is 6.73 Å². The van der Waals surface area contributed by atoms with E-state index in [-0.39, 0.29) is 18.6 Å². The van der Waals surface area contributed by atoms with E-state index in [1.807, 2.05) is 23.4 Å². The van der Waals surface area contributed by atoms with Gasteiger partial charge in [0.2, 0.25) is 0 Å². The zero-order chi connectivity index (χ0) is 16.2. The van der Waals surface area contributed by atoms with Gasteiger partial charge in [0.25, 0.3) is 0 Å². The molecule has 0 bridgehead atoms. The van der Waals surface area contributed by atoms with Crippen LogP contribution in [0.25, 0.3) is 0 Å². The predicted molar refractivity (Wildman–Crippen MR) is 93.8 cm³/mol. The highest BCUT2D eigenvalue weighted by Gasteiger charge is 2.29. The fourth-order valence-corrected chi connectivity index (χ4v) is 3.37. The Morgan fingerprint density at radius 2 is 2.05 bits per heavy atom. The van der Waals surface area contributed by atoms with Crippen molar-refractivity contribution in [2.45, 2.75) is 38.7 Å². The second kappa shape index (κ2) is 7.40. The molecule has 0 aromatic heterocycles. The molecule has 1 aliphatic rings. The van der Waals surface area contributed by atoms with Crippen molar-refractivity contribution in [2.75, 3.05) is 19.9 Å². The summed E-state index contributed by atoms with van der Waals surface area (Å²) in [4.78, 5) is 0. The lowest BCUT2D eigenvalue weighted by Crippen LogP contribution is -2.35. The van der Waals surface area contributed by atoms with E-state index >= 15 is 0 Å². The number of fused-ring (bicyclic) bond motifs is 1. The average molecular weight is 321 g/mol. The van der Waals surface area contributed by atoms with Crippen molar-refractivity contribution in [3.8, 4) is 0 Å². The highest BCUT2D eigenvalue weighted by molar-refractivity contribution is 6.76. The molecule has 5 heteroatoms. The van der Waals surface area contributed by atoms with Crippen molar-refractivity contribution in [1.29, 1.82) is 0 Å². The molecule has 2 unspecified atom stereocenters. The van der Waals surface area contributed by atoms with Crippen LogP contribution in [-0.4, -0.2) is 44.3 Å². The molecule has 0 amide bonds.